The van der Waals surface area contributed by atoms with E-state index >= 15 is 0 Å². The highest BCUT2D eigenvalue weighted by molar-refractivity contribution is 6.08. The molecule has 0 N–H and O–H groups in total. The van der Waals surface area contributed by atoms with Crippen LogP contribution < -0.4 is 0 Å². The van der Waals surface area contributed by atoms with Crippen LogP contribution in [0.1, 0.15) is 35.2 Å². The Morgan fingerprint density at radius 2 is 2.32 bits per heavy atom. The standard InChI is InChI=1S/C16H19NO2/c1-11-5-6-13-14(10-17(2)15(13)8-11)16(18)9-12-4-3-7-19-12/h5-6,8,10,12H,3-4,7,9H2,1-2H3. The fraction of sp³-hybridized carbons (Fsp3) is 0.438. The van der Waals surface area contributed by atoms with Crippen molar-refractivity contribution in [2.75, 3.05) is 6.61 Å². The second kappa shape index (κ2) is 4.82. The average molecular weight is 257 g/mol. The minimum atomic E-state index is 0.119. The molecule has 0 bridgehead atoms. The minimum absolute atomic E-state index is 0.119. The van der Waals surface area contributed by atoms with Gasteiger partial charge >= 0.3 is 0 Å². The molecular weight excluding hydrogens is 238 g/mol. The molecule has 0 aliphatic carbocycles. The first-order chi connectivity index (χ1) is 9.15. The third-order valence-electron chi connectivity index (χ3n) is 3.88. The van der Waals surface area contributed by atoms with Crippen molar-refractivity contribution >= 4 is 16.7 Å². The van der Waals surface area contributed by atoms with Crippen LogP contribution in [-0.4, -0.2) is 23.1 Å². The maximum Gasteiger partial charge on any atom is 0.167 e. The zero-order valence-corrected chi connectivity index (χ0v) is 11.5. The van der Waals surface area contributed by atoms with Crippen LogP contribution in [0, 0.1) is 6.92 Å². The summed E-state index contributed by atoms with van der Waals surface area (Å²) in [5, 5.41) is 1.05. The van der Waals surface area contributed by atoms with Gasteiger partial charge in [0.15, 0.2) is 5.78 Å². The molecule has 0 amide bonds. The second-order valence-electron chi connectivity index (χ2n) is 5.44. The maximum absolute atomic E-state index is 12.4. The van der Waals surface area contributed by atoms with Crippen molar-refractivity contribution < 1.29 is 9.53 Å². The minimum Gasteiger partial charge on any atom is -0.378 e. The van der Waals surface area contributed by atoms with Gasteiger partial charge in [-0.25, -0.2) is 0 Å². The van der Waals surface area contributed by atoms with Crippen LogP contribution in [0.4, 0.5) is 0 Å². The fourth-order valence-corrected chi connectivity index (χ4v) is 2.84. The summed E-state index contributed by atoms with van der Waals surface area (Å²) in [4.78, 5) is 12.4. The number of rotatable bonds is 3. The number of carbonyl (C=O) groups is 1. The zero-order valence-electron chi connectivity index (χ0n) is 11.5. The Morgan fingerprint density at radius 1 is 1.47 bits per heavy atom. The van der Waals surface area contributed by atoms with E-state index in [1.165, 1.54) is 5.56 Å². The number of hydrogen-bond donors (Lipinski definition) is 0. The maximum atomic E-state index is 12.4. The molecule has 0 saturated carbocycles. The van der Waals surface area contributed by atoms with Gasteiger partial charge in [0, 0.05) is 42.7 Å². The molecule has 0 spiro atoms. The molecule has 1 fully saturated rings. The quantitative estimate of drug-likeness (QED) is 0.790. The first-order valence-corrected chi connectivity index (χ1v) is 6.85. The van der Waals surface area contributed by atoms with E-state index in [4.69, 9.17) is 4.74 Å². The van der Waals surface area contributed by atoms with Crippen LogP contribution in [0.15, 0.2) is 24.4 Å². The Balaban J connectivity index is 1.93. The van der Waals surface area contributed by atoms with Gasteiger partial charge in [-0.2, -0.15) is 0 Å². The number of hydrogen-bond acceptors (Lipinski definition) is 2. The summed E-state index contributed by atoms with van der Waals surface area (Å²) < 4.78 is 7.59. The van der Waals surface area contributed by atoms with Crippen LogP contribution in [0.25, 0.3) is 10.9 Å². The van der Waals surface area contributed by atoms with Gasteiger partial charge in [0.1, 0.15) is 0 Å². The Labute approximate surface area is 113 Å². The normalized spacial score (nSPS) is 19.2. The highest BCUT2D eigenvalue weighted by Gasteiger charge is 2.22. The molecule has 2 heterocycles. The fourth-order valence-electron chi connectivity index (χ4n) is 2.84. The number of ketones is 1. The van der Waals surface area contributed by atoms with Gasteiger partial charge in [0.25, 0.3) is 0 Å². The molecule has 1 aromatic carbocycles. The van der Waals surface area contributed by atoms with Gasteiger partial charge in [0.2, 0.25) is 0 Å². The van der Waals surface area contributed by atoms with Crippen LogP contribution in [-0.2, 0) is 11.8 Å². The summed E-state index contributed by atoms with van der Waals surface area (Å²) in [7, 11) is 1.99. The monoisotopic (exact) mass is 257 g/mol. The number of ether oxygens (including phenoxy) is 1. The Hall–Kier alpha value is -1.61. The molecule has 3 heteroatoms. The number of Topliss-reactive ketones (excluding diaryl/α,β-unsaturated/α-hetero) is 1. The van der Waals surface area contributed by atoms with Crippen molar-refractivity contribution in [3.63, 3.8) is 0 Å². The van der Waals surface area contributed by atoms with Crippen LogP contribution in [0.5, 0.6) is 0 Å². The lowest BCUT2D eigenvalue weighted by atomic mass is 10.0. The summed E-state index contributed by atoms with van der Waals surface area (Å²) in [6, 6.07) is 6.23. The number of fused-ring (bicyclic) bond motifs is 1. The summed E-state index contributed by atoms with van der Waals surface area (Å²) in [6.07, 6.45) is 4.66. The third-order valence-corrected chi connectivity index (χ3v) is 3.88. The van der Waals surface area contributed by atoms with Gasteiger partial charge in [-0.15, -0.1) is 0 Å². The van der Waals surface area contributed by atoms with E-state index < -0.39 is 0 Å². The predicted molar refractivity (Wildman–Crippen MR) is 75.6 cm³/mol. The largest absolute Gasteiger partial charge is 0.378 e. The molecule has 1 aliphatic rings. The van der Waals surface area contributed by atoms with Gasteiger partial charge in [-0.05, 0) is 31.4 Å². The number of carbonyl (C=O) groups excluding carboxylic acids is 1. The number of aryl methyl sites for hydroxylation is 2. The molecular formula is C16H19NO2. The molecule has 19 heavy (non-hydrogen) atoms. The topological polar surface area (TPSA) is 31.2 Å². The van der Waals surface area contributed by atoms with Crippen molar-refractivity contribution in [2.24, 2.45) is 7.05 Å². The Bertz CT molecular complexity index is 621. The molecule has 1 aliphatic heterocycles. The van der Waals surface area contributed by atoms with Crippen molar-refractivity contribution in [3.05, 3.63) is 35.5 Å². The molecule has 2 aromatic rings. The molecule has 1 aromatic heterocycles. The van der Waals surface area contributed by atoms with Gasteiger partial charge < -0.3 is 9.30 Å². The lowest BCUT2D eigenvalue weighted by Crippen LogP contribution is -2.12. The van der Waals surface area contributed by atoms with Crippen molar-refractivity contribution in [2.45, 2.75) is 32.3 Å². The molecule has 3 rings (SSSR count). The lowest BCUT2D eigenvalue weighted by Gasteiger charge is -2.07. The Kier molecular flexibility index (Phi) is 3.15. The molecule has 1 saturated heterocycles. The van der Waals surface area contributed by atoms with Gasteiger partial charge in [-0.3, -0.25) is 4.79 Å². The van der Waals surface area contributed by atoms with E-state index in [2.05, 4.69) is 19.1 Å². The molecule has 1 atom stereocenters. The summed E-state index contributed by atoms with van der Waals surface area (Å²) in [5.74, 6) is 0.196. The third kappa shape index (κ3) is 2.30. The highest BCUT2D eigenvalue weighted by Crippen LogP contribution is 2.25. The van der Waals surface area contributed by atoms with Gasteiger partial charge in [0.05, 0.1) is 6.10 Å². The first kappa shape index (κ1) is 12.4. The van der Waals surface area contributed by atoms with E-state index in [0.717, 1.165) is 35.9 Å². The van der Waals surface area contributed by atoms with E-state index in [1.54, 1.807) is 0 Å². The number of aromatic nitrogens is 1. The van der Waals surface area contributed by atoms with E-state index in [-0.39, 0.29) is 11.9 Å². The van der Waals surface area contributed by atoms with E-state index in [9.17, 15) is 4.79 Å². The van der Waals surface area contributed by atoms with Gasteiger partial charge in [-0.1, -0.05) is 12.1 Å². The zero-order chi connectivity index (χ0) is 13.4. The van der Waals surface area contributed by atoms with Crippen molar-refractivity contribution in [1.29, 1.82) is 0 Å². The van der Waals surface area contributed by atoms with Crippen LogP contribution in [0.2, 0.25) is 0 Å². The first-order valence-electron chi connectivity index (χ1n) is 6.85. The van der Waals surface area contributed by atoms with Crippen LogP contribution in [0.3, 0.4) is 0 Å². The molecule has 0 radical (unpaired) electrons. The average Bonchev–Trinajstić information content (AvgIpc) is 2.98. The number of nitrogens with zero attached hydrogens (tertiary/aromatic N) is 1. The van der Waals surface area contributed by atoms with E-state index in [0.29, 0.717) is 6.42 Å². The molecule has 1 unspecified atom stereocenters. The Morgan fingerprint density at radius 3 is 3.05 bits per heavy atom. The molecule has 100 valence electrons. The van der Waals surface area contributed by atoms with Crippen molar-refractivity contribution in [1.82, 2.24) is 4.57 Å². The SMILES string of the molecule is Cc1ccc2c(C(=O)CC3CCCO3)cn(C)c2c1. The highest BCUT2D eigenvalue weighted by atomic mass is 16.5. The van der Waals surface area contributed by atoms with E-state index in [1.807, 2.05) is 23.9 Å². The number of benzene rings is 1. The second-order valence-corrected chi connectivity index (χ2v) is 5.44. The summed E-state index contributed by atoms with van der Waals surface area (Å²) in [5.41, 5.74) is 3.16. The predicted octanol–water partition coefficient (Wildman–Crippen LogP) is 3.24. The lowest BCUT2D eigenvalue weighted by molar-refractivity contribution is 0.0777. The van der Waals surface area contributed by atoms with Crippen molar-refractivity contribution in [3.8, 4) is 0 Å². The summed E-state index contributed by atoms with van der Waals surface area (Å²) in [6.45, 7) is 2.87. The smallest absolute Gasteiger partial charge is 0.167 e. The summed E-state index contributed by atoms with van der Waals surface area (Å²) >= 11 is 0. The van der Waals surface area contributed by atoms with Crippen LogP contribution >= 0.6 is 0 Å². The molecule has 3 nitrogen and oxygen atoms in total.